The fourth-order valence-corrected chi connectivity index (χ4v) is 1.07. The maximum atomic E-state index is 13.0. The topological polar surface area (TPSA) is 17.1 Å². The zero-order valence-electron chi connectivity index (χ0n) is 7.77. The summed E-state index contributed by atoms with van der Waals surface area (Å²) in [7, 11) is 0. The van der Waals surface area contributed by atoms with E-state index >= 15 is 0 Å². The maximum Gasteiger partial charge on any atom is 0.171 e. The Kier molecular flexibility index (Phi) is 2.93. The molecule has 0 aliphatic heterocycles. The van der Waals surface area contributed by atoms with Crippen LogP contribution in [0.25, 0.3) is 0 Å². The second-order valence-electron chi connectivity index (χ2n) is 3.26. The Hall–Kier alpha value is -1.32. The second kappa shape index (κ2) is 3.82. The number of halogens is 3. The molecule has 1 nitrogen and oxygen atoms in total. The molecule has 4 heteroatoms. The molecule has 0 spiro atoms. The zero-order valence-corrected chi connectivity index (χ0v) is 7.77. The molecular weight excluding hydrogens is 193 g/mol. The number of carbonyl (C=O) groups is 1. The van der Waals surface area contributed by atoms with E-state index < -0.39 is 34.7 Å². The molecule has 0 N–H and O–H groups in total. The normalized spacial score (nSPS) is 10.7. The molecule has 0 aliphatic rings. The van der Waals surface area contributed by atoms with Crippen molar-refractivity contribution >= 4 is 5.78 Å². The molecule has 0 amide bonds. The lowest BCUT2D eigenvalue weighted by molar-refractivity contribution is 0.0930. The number of hydrogen-bond donors (Lipinski definition) is 0. The average Bonchev–Trinajstić information content (AvgIpc) is 2.01. The summed E-state index contributed by atoms with van der Waals surface area (Å²) >= 11 is 0. The first kappa shape index (κ1) is 10.8. The molecule has 76 valence electrons. The first-order chi connectivity index (χ1) is 6.43. The third-order valence-electron chi connectivity index (χ3n) is 1.78. The Morgan fingerprint density at radius 3 is 1.93 bits per heavy atom. The molecule has 14 heavy (non-hydrogen) atoms. The fourth-order valence-electron chi connectivity index (χ4n) is 1.07. The largest absolute Gasteiger partial charge is 0.294 e. The molecule has 1 rings (SSSR count). The molecule has 0 unspecified atom stereocenters. The van der Waals surface area contributed by atoms with E-state index in [-0.39, 0.29) is 0 Å². The third-order valence-corrected chi connectivity index (χ3v) is 1.78. The van der Waals surface area contributed by atoms with Crippen molar-refractivity contribution in [3.05, 3.63) is 35.1 Å². The van der Waals surface area contributed by atoms with E-state index in [1.165, 1.54) is 13.8 Å². The number of benzene rings is 1. The first-order valence-corrected chi connectivity index (χ1v) is 4.12. The highest BCUT2D eigenvalue weighted by Gasteiger charge is 2.20. The van der Waals surface area contributed by atoms with Gasteiger partial charge in [0, 0.05) is 18.1 Å². The van der Waals surface area contributed by atoms with Crippen molar-refractivity contribution in [2.45, 2.75) is 13.8 Å². The average molecular weight is 202 g/mol. The van der Waals surface area contributed by atoms with Gasteiger partial charge in [-0.1, -0.05) is 13.8 Å². The Bertz CT molecular complexity index is 349. The smallest absolute Gasteiger partial charge is 0.171 e. The zero-order chi connectivity index (χ0) is 10.9. The van der Waals surface area contributed by atoms with Gasteiger partial charge in [-0.05, 0) is 0 Å². The van der Waals surface area contributed by atoms with Crippen LogP contribution in [0, 0.1) is 23.4 Å². The lowest BCUT2D eigenvalue weighted by Gasteiger charge is -2.06. The van der Waals surface area contributed by atoms with Gasteiger partial charge in [0.15, 0.2) is 5.78 Å². The van der Waals surface area contributed by atoms with Crippen LogP contribution in [0.4, 0.5) is 13.2 Å². The highest BCUT2D eigenvalue weighted by molar-refractivity contribution is 5.97. The van der Waals surface area contributed by atoms with E-state index in [1.807, 2.05) is 0 Å². The van der Waals surface area contributed by atoms with Crippen LogP contribution in [0.15, 0.2) is 12.1 Å². The van der Waals surface area contributed by atoms with Gasteiger partial charge in [-0.2, -0.15) is 0 Å². The molecule has 0 atom stereocenters. The van der Waals surface area contributed by atoms with Gasteiger partial charge in [0.05, 0.1) is 5.56 Å². The molecule has 0 radical (unpaired) electrons. The third kappa shape index (κ3) is 1.95. The fraction of sp³-hybridized carbons (Fsp3) is 0.300. The number of hydrogen-bond acceptors (Lipinski definition) is 1. The Morgan fingerprint density at radius 2 is 1.57 bits per heavy atom. The van der Waals surface area contributed by atoms with Gasteiger partial charge in [0.2, 0.25) is 0 Å². The first-order valence-electron chi connectivity index (χ1n) is 4.12. The van der Waals surface area contributed by atoms with Crippen LogP contribution in [-0.2, 0) is 0 Å². The van der Waals surface area contributed by atoms with Crippen molar-refractivity contribution in [2.75, 3.05) is 0 Å². The Balaban J connectivity index is 3.28. The number of carbonyl (C=O) groups excluding carboxylic acids is 1. The predicted molar refractivity (Wildman–Crippen MR) is 45.5 cm³/mol. The SMILES string of the molecule is CC(C)C(=O)c1c(F)cc(F)cc1F. The van der Waals surface area contributed by atoms with Crippen LogP contribution in [-0.4, -0.2) is 5.78 Å². The highest BCUT2D eigenvalue weighted by Crippen LogP contribution is 2.18. The summed E-state index contributed by atoms with van der Waals surface area (Å²) in [4.78, 5) is 11.3. The van der Waals surface area contributed by atoms with E-state index in [0.717, 1.165) is 0 Å². The van der Waals surface area contributed by atoms with Crippen molar-refractivity contribution in [1.82, 2.24) is 0 Å². The van der Waals surface area contributed by atoms with Crippen molar-refractivity contribution in [1.29, 1.82) is 0 Å². The summed E-state index contributed by atoms with van der Waals surface area (Å²) in [6.45, 7) is 3.04. The molecule has 0 heterocycles. The quantitative estimate of drug-likeness (QED) is 0.674. The van der Waals surface area contributed by atoms with E-state index in [0.29, 0.717) is 12.1 Å². The lowest BCUT2D eigenvalue weighted by atomic mass is 10.00. The minimum Gasteiger partial charge on any atom is -0.294 e. The standard InChI is InChI=1S/C10H9F3O/c1-5(2)10(14)9-7(12)3-6(11)4-8(9)13/h3-5H,1-2H3. The summed E-state index contributed by atoms with van der Waals surface area (Å²) in [5.74, 6) is -4.52. The Labute approximate surface area is 79.5 Å². The van der Waals surface area contributed by atoms with E-state index in [1.54, 1.807) is 0 Å². The van der Waals surface area contributed by atoms with Crippen molar-refractivity contribution < 1.29 is 18.0 Å². The minimum atomic E-state index is -1.15. The van der Waals surface area contributed by atoms with Crippen LogP contribution in [0.2, 0.25) is 0 Å². The summed E-state index contributed by atoms with van der Waals surface area (Å²) in [5.41, 5.74) is -0.665. The summed E-state index contributed by atoms with van der Waals surface area (Å²) < 4.78 is 38.5. The van der Waals surface area contributed by atoms with Gasteiger partial charge in [-0.25, -0.2) is 13.2 Å². The van der Waals surface area contributed by atoms with Crippen LogP contribution in [0.3, 0.4) is 0 Å². The number of ketones is 1. The molecule has 0 fully saturated rings. The van der Waals surface area contributed by atoms with Crippen LogP contribution in [0.1, 0.15) is 24.2 Å². The predicted octanol–water partition coefficient (Wildman–Crippen LogP) is 2.94. The Morgan fingerprint density at radius 1 is 1.14 bits per heavy atom. The molecular formula is C10H9F3O. The van der Waals surface area contributed by atoms with Gasteiger partial charge in [0.1, 0.15) is 17.5 Å². The van der Waals surface area contributed by atoms with E-state index in [9.17, 15) is 18.0 Å². The van der Waals surface area contributed by atoms with Crippen LogP contribution >= 0.6 is 0 Å². The van der Waals surface area contributed by atoms with Gasteiger partial charge in [0.25, 0.3) is 0 Å². The van der Waals surface area contributed by atoms with Gasteiger partial charge in [-0.3, -0.25) is 4.79 Å². The summed E-state index contributed by atoms with van der Waals surface area (Å²) in [6, 6.07) is 0.997. The number of rotatable bonds is 2. The monoisotopic (exact) mass is 202 g/mol. The summed E-state index contributed by atoms with van der Waals surface area (Å²) in [5, 5.41) is 0. The van der Waals surface area contributed by atoms with Gasteiger partial charge >= 0.3 is 0 Å². The lowest BCUT2D eigenvalue weighted by Crippen LogP contribution is -2.12. The summed E-state index contributed by atoms with van der Waals surface area (Å²) in [6.07, 6.45) is 0. The molecule has 0 saturated heterocycles. The number of Topliss-reactive ketones (excluding diaryl/α,β-unsaturated/α-hetero) is 1. The van der Waals surface area contributed by atoms with Crippen molar-refractivity contribution in [3.8, 4) is 0 Å². The molecule has 0 aromatic heterocycles. The van der Waals surface area contributed by atoms with Gasteiger partial charge in [-0.15, -0.1) is 0 Å². The molecule has 0 aliphatic carbocycles. The van der Waals surface area contributed by atoms with E-state index in [2.05, 4.69) is 0 Å². The van der Waals surface area contributed by atoms with Gasteiger partial charge < -0.3 is 0 Å². The van der Waals surface area contributed by atoms with Crippen LogP contribution in [0.5, 0.6) is 0 Å². The van der Waals surface area contributed by atoms with Crippen molar-refractivity contribution in [2.24, 2.45) is 5.92 Å². The van der Waals surface area contributed by atoms with Crippen LogP contribution < -0.4 is 0 Å². The van der Waals surface area contributed by atoms with E-state index in [4.69, 9.17) is 0 Å². The molecule has 1 aromatic carbocycles. The minimum absolute atomic E-state index is 0.499. The second-order valence-corrected chi connectivity index (χ2v) is 3.26. The molecule has 1 aromatic rings. The highest BCUT2D eigenvalue weighted by atomic mass is 19.1. The molecule has 0 bridgehead atoms. The maximum absolute atomic E-state index is 13.0. The molecule has 0 saturated carbocycles. The van der Waals surface area contributed by atoms with Crippen molar-refractivity contribution in [3.63, 3.8) is 0 Å².